The minimum atomic E-state index is -2.95. The summed E-state index contributed by atoms with van der Waals surface area (Å²) in [5.41, 5.74) is 2.37. The first-order valence-corrected chi connectivity index (χ1v) is 9.40. The largest absolute Gasteiger partial charge is 0.478 e. The Morgan fingerprint density at radius 3 is 2.33 bits per heavy atom. The average molecular weight is 374 g/mol. The molecule has 0 bridgehead atoms. The van der Waals surface area contributed by atoms with Crippen LogP contribution in [0.4, 0.5) is 8.78 Å². The highest BCUT2D eigenvalue weighted by Gasteiger charge is 2.21. The fourth-order valence-electron chi connectivity index (χ4n) is 3.96. The SMILES string of the molecule is CCC1CCC(c2ccc(-c3cc(OC(F)F)ccc3C(=O)O)cc2)CC1. The molecule has 2 aromatic rings. The van der Waals surface area contributed by atoms with Gasteiger partial charge in [0.25, 0.3) is 0 Å². The van der Waals surface area contributed by atoms with Crippen molar-refractivity contribution in [1.82, 2.24) is 0 Å². The highest BCUT2D eigenvalue weighted by Crippen LogP contribution is 2.38. The third-order valence-electron chi connectivity index (χ3n) is 5.56. The first-order chi connectivity index (χ1) is 13.0. The Morgan fingerprint density at radius 2 is 1.78 bits per heavy atom. The summed E-state index contributed by atoms with van der Waals surface area (Å²) in [5.74, 6) is 0.216. The third kappa shape index (κ3) is 4.65. The number of hydrogen-bond acceptors (Lipinski definition) is 2. The second-order valence-electron chi connectivity index (χ2n) is 7.14. The Balaban J connectivity index is 1.84. The molecule has 3 rings (SSSR count). The Labute approximate surface area is 158 Å². The van der Waals surface area contributed by atoms with E-state index in [4.69, 9.17) is 0 Å². The van der Waals surface area contributed by atoms with Crippen molar-refractivity contribution in [2.24, 2.45) is 5.92 Å². The molecule has 0 heterocycles. The Kier molecular flexibility index (Phi) is 6.09. The molecule has 1 aliphatic rings. The van der Waals surface area contributed by atoms with Gasteiger partial charge in [-0.05, 0) is 72.4 Å². The van der Waals surface area contributed by atoms with Crippen LogP contribution in [0.15, 0.2) is 42.5 Å². The van der Waals surface area contributed by atoms with Crippen molar-refractivity contribution in [2.75, 3.05) is 0 Å². The summed E-state index contributed by atoms with van der Waals surface area (Å²) in [6.45, 7) is -0.708. The minimum absolute atomic E-state index is 0.0491. The maximum absolute atomic E-state index is 12.5. The number of carbonyl (C=O) groups is 1. The summed E-state index contributed by atoms with van der Waals surface area (Å²) in [6, 6.07) is 11.7. The lowest BCUT2D eigenvalue weighted by atomic mass is 9.77. The fraction of sp³-hybridized carbons (Fsp3) is 0.409. The molecular weight excluding hydrogens is 350 g/mol. The lowest BCUT2D eigenvalue weighted by Gasteiger charge is -2.28. The molecule has 0 aliphatic heterocycles. The first-order valence-electron chi connectivity index (χ1n) is 9.40. The second kappa shape index (κ2) is 8.51. The van der Waals surface area contributed by atoms with Crippen molar-refractivity contribution in [3.8, 4) is 16.9 Å². The van der Waals surface area contributed by atoms with Gasteiger partial charge in [-0.25, -0.2) is 4.79 Å². The van der Waals surface area contributed by atoms with Crippen molar-refractivity contribution < 1.29 is 23.4 Å². The van der Waals surface area contributed by atoms with E-state index in [2.05, 4.69) is 11.7 Å². The van der Waals surface area contributed by atoms with Gasteiger partial charge in [-0.3, -0.25) is 0 Å². The number of hydrogen-bond donors (Lipinski definition) is 1. The van der Waals surface area contributed by atoms with E-state index >= 15 is 0 Å². The highest BCUT2D eigenvalue weighted by atomic mass is 19.3. The molecule has 0 amide bonds. The van der Waals surface area contributed by atoms with Gasteiger partial charge >= 0.3 is 12.6 Å². The standard InChI is InChI=1S/C22H24F2O3/c1-2-14-3-5-15(6-4-14)16-7-9-17(10-8-16)20-13-18(27-22(23)24)11-12-19(20)21(25)26/h7-15,22H,2-6H2,1H3,(H,25,26). The van der Waals surface area contributed by atoms with E-state index in [0.29, 0.717) is 17.0 Å². The van der Waals surface area contributed by atoms with Crippen LogP contribution in [0.5, 0.6) is 5.75 Å². The summed E-state index contributed by atoms with van der Waals surface area (Å²) in [5, 5.41) is 9.42. The van der Waals surface area contributed by atoms with Crippen LogP contribution in [0.25, 0.3) is 11.1 Å². The van der Waals surface area contributed by atoms with E-state index in [1.54, 1.807) is 0 Å². The molecule has 1 N–H and O–H groups in total. The predicted molar refractivity (Wildman–Crippen MR) is 100 cm³/mol. The molecule has 3 nitrogen and oxygen atoms in total. The van der Waals surface area contributed by atoms with E-state index < -0.39 is 12.6 Å². The number of benzene rings is 2. The summed E-state index contributed by atoms with van der Waals surface area (Å²) < 4.78 is 29.4. The van der Waals surface area contributed by atoms with Crippen molar-refractivity contribution in [2.45, 2.75) is 51.6 Å². The summed E-state index contributed by atoms with van der Waals surface area (Å²) >= 11 is 0. The molecule has 1 aliphatic carbocycles. The Morgan fingerprint density at radius 1 is 1.11 bits per heavy atom. The molecule has 0 atom stereocenters. The molecule has 0 spiro atoms. The number of halogens is 2. The van der Waals surface area contributed by atoms with Gasteiger partial charge in [0, 0.05) is 0 Å². The van der Waals surface area contributed by atoms with Gasteiger partial charge in [0.15, 0.2) is 0 Å². The molecule has 0 aromatic heterocycles. The number of carboxylic acids is 1. The normalized spacial score (nSPS) is 19.9. The molecule has 144 valence electrons. The van der Waals surface area contributed by atoms with E-state index in [-0.39, 0.29) is 11.3 Å². The number of aromatic carboxylic acids is 1. The summed E-state index contributed by atoms with van der Waals surface area (Å²) in [4.78, 5) is 11.5. The Bertz CT molecular complexity index is 779. The highest BCUT2D eigenvalue weighted by molar-refractivity contribution is 5.96. The quantitative estimate of drug-likeness (QED) is 0.642. The van der Waals surface area contributed by atoms with Crippen LogP contribution in [-0.4, -0.2) is 17.7 Å². The van der Waals surface area contributed by atoms with Crippen molar-refractivity contribution in [3.05, 3.63) is 53.6 Å². The van der Waals surface area contributed by atoms with Crippen LogP contribution >= 0.6 is 0 Å². The van der Waals surface area contributed by atoms with Crippen LogP contribution in [-0.2, 0) is 0 Å². The van der Waals surface area contributed by atoms with E-state index in [0.717, 1.165) is 5.92 Å². The van der Waals surface area contributed by atoms with E-state index in [9.17, 15) is 18.7 Å². The molecule has 2 aromatic carbocycles. The van der Waals surface area contributed by atoms with Gasteiger partial charge in [-0.2, -0.15) is 8.78 Å². The molecule has 0 radical (unpaired) electrons. The van der Waals surface area contributed by atoms with Crippen LogP contribution in [0.3, 0.4) is 0 Å². The van der Waals surface area contributed by atoms with E-state index in [1.807, 2.05) is 24.3 Å². The number of carboxylic acid groups (broad SMARTS) is 1. The van der Waals surface area contributed by atoms with Gasteiger partial charge in [-0.1, -0.05) is 37.6 Å². The fourth-order valence-corrected chi connectivity index (χ4v) is 3.96. The zero-order valence-corrected chi connectivity index (χ0v) is 15.3. The monoisotopic (exact) mass is 374 g/mol. The molecule has 0 saturated heterocycles. The number of ether oxygens (including phenoxy) is 1. The zero-order chi connectivity index (χ0) is 19.4. The third-order valence-corrected chi connectivity index (χ3v) is 5.56. The van der Waals surface area contributed by atoms with Gasteiger partial charge in [0.1, 0.15) is 5.75 Å². The first kappa shape index (κ1) is 19.3. The lowest BCUT2D eigenvalue weighted by Crippen LogP contribution is -2.12. The van der Waals surface area contributed by atoms with E-state index in [1.165, 1.54) is 55.9 Å². The molecule has 0 unspecified atom stereocenters. The van der Waals surface area contributed by atoms with Gasteiger partial charge in [-0.15, -0.1) is 0 Å². The minimum Gasteiger partial charge on any atom is -0.478 e. The maximum Gasteiger partial charge on any atom is 0.387 e. The topological polar surface area (TPSA) is 46.5 Å². The smallest absolute Gasteiger partial charge is 0.387 e. The van der Waals surface area contributed by atoms with Crippen LogP contribution in [0.2, 0.25) is 0 Å². The van der Waals surface area contributed by atoms with Crippen LogP contribution < -0.4 is 4.74 Å². The van der Waals surface area contributed by atoms with Gasteiger partial charge in [0.2, 0.25) is 0 Å². The predicted octanol–water partition coefficient (Wildman–Crippen LogP) is 6.34. The van der Waals surface area contributed by atoms with Crippen molar-refractivity contribution in [1.29, 1.82) is 0 Å². The van der Waals surface area contributed by atoms with Gasteiger partial charge in [0.05, 0.1) is 5.56 Å². The summed E-state index contributed by atoms with van der Waals surface area (Å²) in [7, 11) is 0. The molecular formula is C22H24F2O3. The maximum atomic E-state index is 12.5. The van der Waals surface area contributed by atoms with Crippen molar-refractivity contribution >= 4 is 5.97 Å². The van der Waals surface area contributed by atoms with Crippen LogP contribution in [0.1, 0.15) is 60.9 Å². The Hall–Kier alpha value is -2.43. The van der Waals surface area contributed by atoms with Crippen LogP contribution in [0, 0.1) is 5.92 Å². The second-order valence-corrected chi connectivity index (χ2v) is 7.14. The van der Waals surface area contributed by atoms with Crippen molar-refractivity contribution in [3.63, 3.8) is 0 Å². The number of alkyl halides is 2. The zero-order valence-electron chi connectivity index (χ0n) is 15.3. The average Bonchev–Trinajstić information content (AvgIpc) is 2.67. The van der Waals surface area contributed by atoms with Gasteiger partial charge < -0.3 is 9.84 Å². The molecule has 1 saturated carbocycles. The molecule has 5 heteroatoms. The lowest BCUT2D eigenvalue weighted by molar-refractivity contribution is -0.0498. The summed E-state index contributed by atoms with van der Waals surface area (Å²) in [6.07, 6.45) is 6.09. The molecule has 27 heavy (non-hydrogen) atoms. The number of rotatable bonds is 6. The molecule has 1 fully saturated rings.